The van der Waals surface area contributed by atoms with E-state index in [1.807, 2.05) is 26.8 Å². The van der Waals surface area contributed by atoms with Gasteiger partial charge in [0.1, 0.15) is 12.4 Å². The van der Waals surface area contributed by atoms with Crippen molar-refractivity contribution >= 4 is 11.8 Å². The third-order valence-corrected chi connectivity index (χ3v) is 4.06. The molecule has 0 aromatic heterocycles. The highest BCUT2D eigenvalue weighted by Gasteiger charge is 2.26. The first-order valence-electron chi connectivity index (χ1n) is 8.57. The molecule has 1 aliphatic rings. The summed E-state index contributed by atoms with van der Waals surface area (Å²) in [5.74, 6) is 0.312. The Balaban J connectivity index is 2.03. The highest BCUT2D eigenvalue weighted by molar-refractivity contribution is 5.98. The van der Waals surface area contributed by atoms with E-state index in [1.54, 1.807) is 17.0 Å². The summed E-state index contributed by atoms with van der Waals surface area (Å²) in [5, 5.41) is 2.79. The quantitative estimate of drug-likeness (QED) is 0.824. The molecule has 0 unspecified atom stereocenters. The number of carbonyl (C=O) groups excluding carboxylic acids is 2. The molecule has 0 saturated carbocycles. The maximum absolute atomic E-state index is 12.6. The maximum Gasteiger partial charge on any atom is 0.254 e. The molecule has 0 aliphatic carbocycles. The molecule has 1 heterocycles. The van der Waals surface area contributed by atoms with Crippen LogP contribution in [0.2, 0.25) is 0 Å². The van der Waals surface area contributed by atoms with Crippen LogP contribution in [-0.4, -0.2) is 42.5 Å². The van der Waals surface area contributed by atoms with Gasteiger partial charge in [0, 0.05) is 18.2 Å². The Morgan fingerprint density at radius 3 is 2.84 bits per heavy atom. The minimum absolute atomic E-state index is 0.0470. The first kappa shape index (κ1) is 19.0. The number of carbonyl (C=O) groups is 2. The zero-order chi connectivity index (χ0) is 18.4. The SMILES string of the molecule is CCC(=CF)COc1ccc2c(c1)CCN(CC(=O)NC(C)C)C2=O. The normalized spacial score (nSPS) is 14.5. The fourth-order valence-electron chi connectivity index (χ4n) is 2.68. The number of fused-ring (bicyclic) bond motifs is 1. The number of hydrogen-bond donors (Lipinski definition) is 1. The van der Waals surface area contributed by atoms with E-state index in [0.29, 0.717) is 42.6 Å². The Hall–Kier alpha value is -2.37. The summed E-state index contributed by atoms with van der Waals surface area (Å²) in [5.41, 5.74) is 2.06. The van der Waals surface area contributed by atoms with Crippen LogP contribution in [-0.2, 0) is 11.2 Å². The number of nitrogens with one attached hydrogen (secondary N) is 1. The summed E-state index contributed by atoms with van der Waals surface area (Å²) < 4.78 is 18.2. The van der Waals surface area contributed by atoms with Crippen molar-refractivity contribution in [1.29, 1.82) is 0 Å². The lowest BCUT2D eigenvalue weighted by Gasteiger charge is -2.28. The molecule has 136 valence electrons. The molecule has 0 spiro atoms. The second kappa shape index (κ2) is 8.65. The third kappa shape index (κ3) is 5.05. The van der Waals surface area contributed by atoms with Crippen LogP contribution >= 0.6 is 0 Å². The molecule has 0 bridgehead atoms. The smallest absolute Gasteiger partial charge is 0.254 e. The fraction of sp³-hybridized carbons (Fsp3) is 0.474. The predicted octanol–water partition coefficient (Wildman–Crippen LogP) is 2.85. The number of benzene rings is 1. The van der Waals surface area contributed by atoms with Gasteiger partial charge in [0.2, 0.25) is 5.91 Å². The van der Waals surface area contributed by atoms with Crippen molar-refractivity contribution < 1.29 is 18.7 Å². The number of rotatable bonds is 7. The Morgan fingerprint density at radius 2 is 2.20 bits per heavy atom. The standard InChI is InChI=1S/C19H25FN2O3/c1-4-14(10-20)12-25-16-5-6-17-15(9-16)7-8-22(19(17)24)11-18(23)21-13(2)3/h5-6,9-10,13H,4,7-8,11-12H2,1-3H3,(H,21,23). The zero-order valence-electron chi connectivity index (χ0n) is 15.0. The van der Waals surface area contributed by atoms with Gasteiger partial charge in [0.15, 0.2) is 0 Å². The van der Waals surface area contributed by atoms with E-state index in [1.165, 1.54) is 0 Å². The van der Waals surface area contributed by atoms with Gasteiger partial charge < -0.3 is 15.0 Å². The molecule has 1 aromatic rings. The summed E-state index contributed by atoms with van der Waals surface area (Å²) >= 11 is 0. The van der Waals surface area contributed by atoms with Gasteiger partial charge >= 0.3 is 0 Å². The number of hydrogen-bond acceptors (Lipinski definition) is 3. The summed E-state index contributed by atoms with van der Waals surface area (Å²) in [6.45, 7) is 6.39. The third-order valence-electron chi connectivity index (χ3n) is 4.06. The van der Waals surface area contributed by atoms with Crippen molar-refractivity contribution in [2.75, 3.05) is 19.7 Å². The van der Waals surface area contributed by atoms with Gasteiger partial charge in [0.25, 0.3) is 5.91 Å². The molecule has 6 heteroatoms. The molecular weight excluding hydrogens is 323 g/mol. The molecule has 2 amide bonds. The number of nitrogens with zero attached hydrogens (tertiary/aromatic N) is 1. The largest absolute Gasteiger partial charge is 0.489 e. The van der Waals surface area contributed by atoms with E-state index < -0.39 is 0 Å². The van der Waals surface area contributed by atoms with Gasteiger partial charge in [-0.25, -0.2) is 4.39 Å². The molecule has 5 nitrogen and oxygen atoms in total. The van der Waals surface area contributed by atoms with Crippen LogP contribution in [0.1, 0.15) is 43.1 Å². The van der Waals surface area contributed by atoms with E-state index in [0.717, 1.165) is 5.56 Å². The monoisotopic (exact) mass is 348 g/mol. The summed E-state index contributed by atoms with van der Waals surface area (Å²) in [7, 11) is 0. The summed E-state index contributed by atoms with van der Waals surface area (Å²) in [6, 6.07) is 5.29. The average molecular weight is 348 g/mol. The first-order chi connectivity index (χ1) is 11.9. The lowest BCUT2D eigenvalue weighted by molar-refractivity contribution is -0.122. The number of ether oxygens (including phenoxy) is 1. The van der Waals surface area contributed by atoms with Gasteiger partial charge in [-0.2, -0.15) is 0 Å². The van der Waals surface area contributed by atoms with Crippen molar-refractivity contribution in [3.63, 3.8) is 0 Å². The topological polar surface area (TPSA) is 58.6 Å². The van der Waals surface area contributed by atoms with Crippen LogP contribution in [0.3, 0.4) is 0 Å². The van der Waals surface area contributed by atoms with Crippen molar-refractivity contribution in [3.8, 4) is 5.75 Å². The highest BCUT2D eigenvalue weighted by Crippen LogP contribution is 2.24. The maximum atomic E-state index is 12.6. The molecule has 0 fully saturated rings. The van der Waals surface area contributed by atoms with Crippen molar-refractivity contribution in [2.45, 2.75) is 39.7 Å². The molecule has 25 heavy (non-hydrogen) atoms. The van der Waals surface area contributed by atoms with E-state index in [9.17, 15) is 14.0 Å². The van der Waals surface area contributed by atoms with E-state index in [2.05, 4.69) is 5.32 Å². The lowest BCUT2D eigenvalue weighted by Crippen LogP contribution is -2.45. The Bertz CT molecular complexity index is 671. The Labute approximate surface area is 147 Å². The fourth-order valence-corrected chi connectivity index (χ4v) is 2.68. The Morgan fingerprint density at radius 1 is 1.44 bits per heavy atom. The molecule has 1 aromatic carbocycles. The van der Waals surface area contributed by atoms with Crippen LogP contribution in [0.4, 0.5) is 4.39 Å². The van der Waals surface area contributed by atoms with Gasteiger partial charge in [-0.05, 0) is 56.0 Å². The second-order valence-corrected chi connectivity index (χ2v) is 6.43. The minimum atomic E-state index is -0.156. The van der Waals surface area contributed by atoms with Crippen molar-refractivity contribution in [2.24, 2.45) is 0 Å². The minimum Gasteiger partial charge on any atom is -0.489 e. The highest BCUT2D eigenvalue weighted by atomic mass is 19.1. The first-order valence-corrected chi connectivity index (χ1v) is 8.57. The molecule has 0 saturated heterocycles. The average Bonchev–Trinajstić information content (AvgIpc) is 2.57. The second-order valence-electron chi connectivity index (χ2n) is 6.43. The van der Waals surface area contributed by atoms with E-state index >= 15 is 0 Å². The molecule has 1 aliphatic heterocycles. The molecule has 0 radical (unpaired) electrons. The zero-order valence-corrected chi connectivity index (χ0v) is 15.0. The molecule has 0 atom stereocenters. The molecule has 2 rings (SSSR count). The molecular formula is C19H25FN2O3. The number of amides is 2. The van der Waals surface area contributed by atoms with Gasteiger partial charge in [-0.1, -0.05) is 6.92 Å². The lowest BCUT2D eigenvalue weighted by atomic mass is 9.98. The molecule has 1 N–H and O–H groups in total. The van der Waals surface area contributed by atoms with E-state index in [-0.39, 0.29) is 31.0 Å². The van der Waals surface area contributed by atoms with Crippen LogP contribution < -0.4 is 10.1 Å². The Kier molecular flexibility index (Phi) is 6.56. The number of halogens is 1. The van der Waals surface area contributed by atoms with Gasteiger partial charge in [-0.15, -0.1) is 0 Å². The van der Waals surface area contributed by atoms with Crippen LogP contribution in [0.5, 0.6) is 5.75 Å². The summed E-state index contributed by atoms with van der Waals surface area (Å²) in [6.07, 6.45) is 1.82. The van der Waals surface area contributed by atoms with Gasteiger partial charge in [0.05, 0.1) is 12.9 Å². The summed E-state index contributed by atoms with van der Waals surface area (Å²) in [4.78, 5) is 26.0. The van der Waals surface area contributed by atoms with Gasteiger partial charge in [-0.3, -0.25) is 9.59 Å². The van der Waals surface area contributed by atoms with E-state index in [4.69, 9.17) is 4.74 Å². The predicted molar refractivity (Wildman–Crippen MR) is 94.3 cm³/mol. The van der Waals surface area contributed by atoms with Crippen LogP contribution in [0.25, 0.3) is 0 Å². The van der Waals surface area contributed by atoms with Crippen LogP contribution in [0, 0.1) is 0 Å². The van der Waals surface area contributed by atoms with Crippen LogP contribution in [0.15, 0.2) is 30.1 Å². The van der Waals surface area contributed by atoms with Crippen molar-refractivity contribution in [1.82, 2.24) is 10.2 Å². The van der Waals surface area contributed by atoms with Crippen molar-refractivity contribution in [3.05, 3.63) is 41.2 Å².